The van der Waals surface area contributed by atoms with E-state index in [1.165, 1.54) is 6.33 Å². The molecule has 2 aromatic carbocycles. The average molecular weight is 398 g/mol. The zero-order valence-electron chi connectivity index (χ0n) is 16.8. The van der Waals surface area contributed by atoms with Crippen molar-refractivity contribution >= 4 is 12.0 Å². The third kappa shape index (κ3) is 4.20. The van der Waals surface area contributed by atoms with Gasteiger partial charge in [-0.15, -0.1) is 0 Å². The lowest BCUT2D eigenvalue weighted by atomic mass is 10.1. The highest BCUT2D eigenvalue weighted by Gasteiger charge is 2.15. The fourth-order valence-corrected chi connectivity index (χ4v) is 3.09. The molecule has 0 saturated heterocycles. The van der Waals surface area contributed by atoms with Gasteiger partial charge in [0, 0.05) is 24.9 Å². The third-order valence-electron chi connectivity index (χ3n) is 5.03. The Hall–Kier alpha value is -4.00. The maximum absolute atomic E-state index is 12.7. The van der Waals surface area contributed by atoms with Crippen LogP contribution in [0.5, 0.6) is 0 Å². The molecule has 7 nitrogen and oxygen atoms in total. The van der Waals surface area contributed by atoms with Gasteiger partial charge in [-0.05, 0) is 42.8 Å². The molecule has 0 aliphatic carbocycles. The summed E-state index contributed by atoms with van der Waals surface area (Å²) in [4.78, 5) is 18.3. The quantitative estimate of drug-likeness (QED) is 0.465. The van der Waals surface area contributed by atoms with E-state index < -0.39 is 0 Å². The molecule has 2 heterocycles. The average Bonchev–Trinajstić information content (AvgIpc) is 3.50. The molecule has 1 amide bonds. The molecule has 0 spiro atoms. The largest absolute Gasteiger partial charge is 0.335 e. The molecule has 0 saturated carbocycles. The minimum atomic E-state index is -0.0738. The summed E-state index contributed by atoms with van der Waals surface area (Å²) < 4.78 is 3.48. The van der Waals surface area contributed by atoms with Crippen LogP contribution in [0.25, 0.3) is 17.5 Å². The Kier molecular flexibility index (Phi) is 5.52. The van der Waals surface area contributed by atoms with E-state index in [9.17, 15) is 4.79 Å². The second kappa shape index (κ2) is 8.57. The van der Waals surface area contributed by atoms with Gasteiger partial charge >= 0.3 is 0 Å². The summed E-state index contributed by atoms with van der Waals surface area (Å²) >= 11 is 0. The summed E-state index contributed by atoms with van der Waals surface area (Å²) in [6.45, 7) is 2.00. The van der Waals surface area contributed by atoms with Crippen LogP contribution in [0.3, 0.4) is 0 Å². The standard InChI is InChI=1S/C23H22N6O/c1-18(20-9-11-22(12-10-20)29-17-24-16-26-29)27(2)23(30)13-8-19-14-25-28(15-19)21-6-4-3-5-7-21/h3-18H,1-2H3/b13-8+. The first kappa shape index (κ1) is 19.3. The van der Waals surface area contributed by atoms with Gasteiger partial charge in [0.25, 0.3) is 0 Å². The van der Waals surface area contributed by atoms with Gasteiger partial charge in [-0.3, -0.25) is 4.79 Å². The molecule has 0 radical (unpaired) electrons. The molecule has 2 aromatic heterocycles. The van der Waals surface area contributed by atoms with E-state index in [0.29, 0.717) is 0 Å². The first-order valence-electron chi connectivity index (χ1n) is 9.62. The molecular formula is C23H22N6O. The van der Waals surface area contributed by atoms with Gasteiger partial charge in [0.1, 0.15) is 12.7 Å². The van der Waals surface area contributed by atoms with Crippen molar-refractivity contribution in [3.63, 3.8) is 0 Å². The molecule has 0 aliphatic heterocycles. The topological polar surface area (TPSA) is 68.8 Å². The van der Waals surface area contributed by atoms with Gasteiger partial charge in [0.05, 0.1) is 23.6 Å². The third-order valence-corrected chi connectivity index (χ3v) is 5.03. The second-order valence-corrected chi connectivity index (χ2v) is 6.94. The lowest BCUT2D eigenvalue weighted by Crippen LogP contribution is -2.27. The fraction of sp³-hybridized carbons (Fsp3) is 0.130. The highest BCUT2D eigenvalue weighted by molar-refractivity contribution is 5.91. The molecular weight excluding hydrogens is 376 g/mol. The molecule has 0 N–H and O–H groups in total. The van der Waals surface area contributed by atoms with Crippen molar-refractivity contribution in [1.29, 1.82) is 0 Å². The zero-order chi connectivity index (χ0) is 20.9. The van der Waals surface area contributed by atoms with Crippen LogP contribution in [0.1, 0.15) is 24.1 Å². The Bertz CT molecular complexity index is 1130. The predicted octanol–water partition coefficient (Wildman–Crippen LogP) is 3.69. The van der Waals surface area contributed by atoms with Gasteiger partial charge in [-0.25, -0.2) is 14.3 Å². The van der Waals surface area contributed by atoms with Crippen LogP contribution in [-0.4, -0.2) is 42.4 Å². The van der Waals surface area contributed by atoms with Crippen LogP contribution in [0.15, 0.2) is 85.7 Å². The Labute approximate surface area is 174 Å². The lowest BCUT2D eigenvalue weighted by molar-refractivity contribution is -0.126. The Morgan fingerprint density at radius 1 is 1.00 bits per heavy atom. The number of para-hydroxylation sites is 1. The monoisotopic (exact) mass is 398 g/mol. The maximum Gasteiger partial charge on any atom is 0.246 e. The number of rotatable bonds is 6. The molecule has 4 rings (SSSR count). The number of amides is 1. The molecule has 150 valence electrons. The first-order valence-corrected chi connectivity index (χ1v) is 9.62. The molecule has 7 heteroatoms. The van der Waals surface area contributed by atoms with Crippen LogP contribution in [-0.2, 0) is 4.79 Å². The van der Waals surface area contributed by atoms with E-state index >= 15 is 0 Å². The van der Waals surface area contributed by atoms with Crippen LogP contribution < -0.4 is 0 Å². The van der Waals surface area contributed by atoms with Crippen molar-refractivity contribution in [1.82, 2.24) is 29.4 Å². The zero-order valence-corrected chi connectivity index (χ0v) is 16.8. The molecule has 4 aromatic rings. The van der Waals surface area contributed by atoms with E-state index in [1.807, 2.05) is 67.7 Å². The fourth-order valence-electron chi connectivity index (χ4n) is 3.09. The number of carbonyl (C=O) groups excluding carboxylic acids is 1. The summed E-state index contributed by atoms with van der Waals surface area (Å²) in [7, 11) is 1.80. The highest BCUT2D eigenvalue weighted by atomic mass is 16.2. The summed E-state index contributed by atoms with van der Waals surface area (Å²) in [5, 5.41) is 8.47. The van der Waals surface area contributed by atoms with E-state index in [1.54, 1.807) is 46.0 Å². The first-order chi connectivity index (χ1) is 14.6. The van der Waals surface area contributed by atoms with Gasteiger partial charge in [0.15, 0.2) is 0 Å². The van der Waals surface area contributed by atoms with Gasteiger partial charge in [-0.2, -0.15) is 10.2 Å². The number of likely N-dealkylation sites (N-methyl/N-ethyl adjacent to an activating group) is 1. The minimum absolute atomic E-state index is 0.0704. The van der Waals surface area contributed by atoms with Crippen molar-refractivity contribution in [2.45, 2.75) is 13.0 Å². The number of aromatic nitrogens is 5. The number of carbonyl (C=O) groups is 1. The van der Waals surface area contributed by atoms with Gasteiger partial charge in [0.2, 0.25) is 5.91 Å². The summed E-state index contributed by atoms with van der Waals surface area (Å²) in [6.07, 6.45) is 10.1. The molecule has 0 fully saturated rings. The second-order valence-electron chi connectivity index (χ2n) is 6.94. The SMILES string of the molecule is CC(c1ccc(-n2cncn2)cc1)N(C)C(=O)/C=C/c1cnn(-c2ccccc2)c1. The van der Waals surface area contributed by atoms with Crippen molar-refractivity contribution in [2.75, 3.05) is 7.05 Å². The maximum atomic E-state index is 12.7. The van der Waals surface area contributed by atoms with Crippen LogP contribution in [0.4, 0.5) is 0 Å². The Balaban J connectivity index is 1.41. The molecule has 0 aliphatic rings. The van der Waals surface area contributed by atoms with Crippen LogP contribution in [0.2, 0.25) is 0 Å². The molecule has 1 atom stereocenters. The predicted molar refractivity (Wildman–Crippen MR) is 115 cm³/mol. The normalized spacial score (nSPS) is 12.2. The van der Waals surface area contributed by atoms with Crippen molar-refractivity contribution in [2.24, 2.45) is 0 Å². The van der Waals surface area contributed by atoms with E-state index in [-0.39, 0.29) is 11.9 Å². The van der Waals surface area contributed by atoms with E-state index in [0.717, 1.165) is 22.5 Å². The number of hydrogen-bond acceptors (Lipinski definition) is 4. The van der Waals surface area contributed by atoms with Crippen LogP contribution in [0, 0.1) is 0 Å². The Morgan fingerprint density at radius 3 is 2.43 bits per heavy atom. The highest BCUT2D eigenvalue weighted by Crippen LogP contribution is 2.21. The van der Waals surface area contributed by atoms with E-state index in [4.69, 9.17) is 0 Å². The van der Waals surface area contributed by atoms with Crippen molar-refractivity contribution in [3.05, 3.63) is 96.8 Å². The number of benzene rings is 2. The summed E-state index contributed by atoms with van der Waals surface area (Å²) in [5.41, 5.74) is 3.81. The number of hydrogen-bond donors (Lipinski definition) is 0. The van der Waals surface area contributed by atoms with Crippen LogP contribution >= 0.6 is 0 Å². The van der Waals surface area contributed by atoms with E-state index in [2.05, 4.69) is 15.2 Å². The summed E-state index contributed by atoms with van der Waals surface area (Å²) in [5.74, 6) is -0.0738. The summed E-state index contributed by atoms with van der Waals surface area (Å²) in [6, 6.07) is 17.7. The Morgan fingerprint density at radius 2 is 1.73 bits per heavy atom. The molecule has 1 unspecified atom stereocenters. The minimum Gasteiger partial charge on any atom is -0.335 e. The smallest absolute Gasteiger partial charge is 0.246 e. The lowest BCUT2D eigenvalue weighted by Gasteiger charge is -2.24. The molecule has 0 bridgehead atoms. The number of nitrogens with zero attached hydrogens (tertiary/aromatic N) is 6. The van der Waals surface area contributed by atoms with Gasteiger partial charge < -0.3 is 4.90 Å². The molecule has 30 heavy (non-hydrogen) atoms. The van der Waals surface area contributed by atoms with Gasteiger partial charge in [-0.1, -0.05) is 30.3 Å². The van der Waals surface area contributed by atoms with Crippen molar-refractivity contribution in [3.8, 4) is 11.4 Å². The van der Waals surface area contributed by atoms with Crippen molar-refractivity contribution < 1.29 is 4.79 Å².